The summed E-state index contributed by atoms with van der Waals surface area (Å²) in [6, 6.07) is 12.8. The first-order valence-corrected chi connectivity index (χ1v) is 6.04. The first-order chi connectivity index (χ1) is 9.36. The number of benzene rings is 1. The van der Waals surface area contributed by atoms with Gasteiger partial charge in [-0.3, -0.25) is 9.78 Å². The summed E-state index contributed by atoms with van der Waals surface area (Å²) in [6.45, 7) is 1.45. The number of likely N-dealkylation sites (N-methyl/N-ethyl adjacent to an activating group) is 1. The first-order valence-electron chi connectivity index (χ1n) is 6.04. The summed E-state index contributed by atoms with van der Waals surface area (Å²) in [5, 5.41) is 2.98. The van der Waals surface area contributed by atoms with Crippen LogP contribution in [-0.2, 0) is 0 Å². The van der Waals surface area contributed by atoms with Crippen LogP contribution in [0.15, 0.2) is 54.9 Å². The normalized spacial score (nSPS) is 9.11. The minimum Gasteiger partial charge on any atom is -0.492 e. The summed E-state index contributed by atoms with van der Waals surface area (Å²) in [6.07, 6.45) is 4.32. The lowest BCUT2D eigenvalue weighted by Gasteiger charge is -2.04. The van der Waals surface area contributed by atoms with Gasteiger partial charge >= 0.3 is 0 Å². The molecule has 0 atom stereocenters. The number of hydrogen-bond donors (Lipinski definition) is 1. The van der Waals surface area contributed by atoms with E-state index in [0.717, 1.165) is 18.6 Å². The van der Waals surface area contributed by atoms with Gasteiger partial charge in [0.25, 0.3) is 0 Å². The molecule has 0 aliphatic heterocycles. The molecule has 0 saturated heterocycles. The Hall–Kier alpha value is -2.20. The highest BCUT2D eigenvalue weighted by Crippen LogP contribution is 2.10. The standard InChI is InChI=1S/C10H13NO2.C5H5N/c1-11-6-7-13-10-4-2-9(8-12)3-5-10;1-2-4-6-5-3-1/h2-5,8,11H,6-7H2,1H3;1-5H. The predicted octanol–water partition coefficient (Wildman–Crippen LogP) is 2.18. The number of aldehydes is 1. The number of ether oxygens (including phenoxy) is 1. The van der Waals surface area contributed by atoms with Crippen molar-refractivity contribution in [3.8, 4) is 5.75 Å². The second kappa shape index (κ2) is 9.79. The van der Waals surface area contributed by atoms with Crippen molar-refractivity contribution in [3.63, 3.8) is 0 Å². The lowest BCUT2D eigenvalue weighted by Crippen LogP contribution is -2.15. The molecule has 4 nitrogen and oxygen atoms in total. The summed E-state index contributed by atoms with van der Waals surface area (Å²) < 4.78 is 5.37. The van der Waals surface area contributed by atoms with Crippen LogP contribution in [0, 0.1) is 0 Å². The lowest BCUT2D eigenvalue weighted by molar-refractivity contribution is 0.112. The van der Waals surface area contributed by atoms with E-state index in [0.29, 0.717) is 12.2 Å². The van der Waals surface area contributed by atoms with E-state index >= 15 is 0 Å². The van der Waals surface area contributed by atoms with Crippen LogP contribution < -0.4 is 10.1 Å². The van der Waals surface area contributed by atoms with E-state index in [1.165, 1.54) is 0 Å². The van der Waals surface area contributed by atoms with Crippen LogP contribution in [0.3, 0.4) is 0 Å². The van der Waals surface area contributed by atoms with Crippen molar-refractivity contribution >= 4 is 6.29 Å². The summed E-state index contributed by atoms with van der Waals surface area (Å²) in [5.41, 5.74) is 0.668. The molecule has 4 heteroatoms. The molecule has 0 saturated carbocycles. The molecule has 100 valence electrons. The van der Waals surface area contributed by atoms with Crippen molar-refractivity contribution in [2.75, 3.05) is 20.2 Å². The van der Waals surface area contributed by atoms with Crippen molar-refractivity contribution in [2.24, 2.45) is 0 Å². The highest BCUT2D eigenvalue weighted by atomic mass is 16.5. The largest absolute Gasteiger partial charge is 0.492 e. The molecule has 0 bridgehead atoms. The van der Waals surface area contributed by atoms with Gasteiger partial charge in [0.2, 0.25) is 0 Å². The maximum Gasteiger partial charge on any atom is 0.150 e. The second-order valence-electron chi connectivity index (χ2n) is 3.66. The summed E-state index contributed by atoms with van der Waals surface area (Å²) in [7, 11) is 1.87. The molecule has 0 radical (unpaired) electrons. The molecular weight excluding hydrogens is 240 g/mol. The van der Waals surface area contributed by atoms with E-state index in [-0.39, 0.29) is 0 Å². The molecule has 0 amide bonds. The Balaban J connectivity index is 0.000000250. The lowest BCUT2D eigenvalue weighted by atomic mass is 10.2. The number of rotatable bonds is 5. The van der Waals surface area contributed by atoms with Crippen LogP contribution in [0.1, 0.15) is 10.4 Å². The highest BCUT2D eigenvalue weighted by Gasteiger charge is 1.93. The minimum atomic E-state index is 0.636. The zero-order chi connectivity index (χ0) is 13.8. The third-order valence-corrected chi connectivity index (χ3v) is 2.20. The zero-order valence-corrected chi connectivity index (χ0v) is 11.0. The van der Waals surface area contributed by atoms with Gasteiger partial charge in [0.1, 0.15) is 18.6 Å². The van der Waals surface area contributed by atoms with E-state index < -0.39 is 0 Å². The molecule has 1 N–H and O–H groups in total. The Morgan fingerprint density at radius 2 is 1.84 bits per heavy atom. The summed E-state index contributed by atoms with van der Waals surface area (Å²) >= 11 is 0. The number of hydrogen-bond acceptors (Lipinski definition) is 4. The first kappa shape index (κ1) is 14.9. The van der Waals surface area contributed by atoms with Crippen molar-refractivity contribution in [1.82, 2.24) is 10.3 Å². The Labute approximate surface area is 113 Å². The van der Waals surface area contributed by atoms with Crippen molar-refractivity contribution in [1.29, 1.82) is 0 Å². The fourth-order valence-corrected chi connectivity index (χ4v) is 1.23. The van der Waals surface area contributed by atoms with Gasteiger partial charge < -0.3 is 10.1 Å². The van der Waals surface area contributed by atoms with Crippen LogP contribution >= 0.6 is 0 Å². The molecule has 1 aromatic carbocycles. The third kappa shape index (κ3) is 6.95. The fraction of sp³-hybridized carbons (Fsp3) is 0.200. The van der Waals surface area contributed by atoms with E-state index in [9.17, 15) is 4.79 Å². The molecule has 1 heterocycles. The fourth-order valence-electron chi connectivity index (χ4n) is 1.23. The SMILES string of the molecule is CNCCOc1ccc(C=O)cc1.c1ccncc1. The van der Waals surface area contributed by atoms with Crippen LogP contribution in [0.4, 0.5) is 0 Å². The predicted molar refractivity (Wildman–Crippen MR) is 75.5 cm³/mol. The maximum absolute atomic E-state index is 10.3. The molecule has 1 aromatic heterocycles. The van der Waals surface area contributed by atoms with Crippen molar-refractivity contribution in [3.05, 3.63) is 60.4 Å². The van der Waals surface area contributed by atoms with Gasteiger partial charge in [-0.15, -0.1) is 0 Å². The Bertz CT molecular complexity index is 417. The Kier molecular flexibility index (Phi) is 7.66. The maximum atomic E-state index is 10.3. The quantitative estimate of drug-likeness (QED) is 0.659. The van der Waals surface area contributed by atoms with Crippen LogP contribution in [0.25, 0.3) is 0 Å². The number of pyridine rings is 1. The third-order valence-electron chi connectivity index (χ3n) is 2.20. The van der Waals surface area contributed by atoms with Crippen LogP contribution in [0.2, 0.25) is 0 Å². The summed E-state index contributed by atoms with van der Waals surface area (Å²) in [5.74, 6) is 0.792. The number of carbonyl (C=O) groups is 1. The number of aromatic nitrogens is 1. The van der Waals surface area contributed by atoms with E-state index in [4.69, 9.17) is 4.74 Å². The molecule has 2 aromatic rings. The smallest absolute Gasteiger partial charge is 0.150 e. The second-order valence-corrected chi connectivity index (χ2v) is 3.66. The molecule has 0 spiro atoms. The number of nitrogens with one attached hydrogen (secondary N) is 1. The average molecular weight is 258 g/mol. The molecule has 0 unspecified atom stereocenters. The summed E-state index contributed by atoms with van der Waals surface area (Å²) in [4.78, 5) is 14.1. The van der Waals surface area contributed by atoms with Gasteiger partial charge in [0, 0.05) is 24.5 Å². The monoisotopic (exact) mass is 258 g/mol. The molecular formula is C15H18N2O2. The molecule has 0 aliphatic carbocycles. The van der Waals surface area contributed by atoms with Gasteiger partial charge in [-0.25, -0.2) is 0 Å². The molecule has 0 aliphatic rings. The van der Waals surface area contributed by atoms with E-state index in [1.54, 1.807) is 36.7 Å². The Morgan fingerprint density at radius 3 is 2.26 bits per heavy atom. The van der Waals surface area contributed by atoms with Crippen LogP contribution in [0.5, 0.6) is 5.75 Å². The highest BCUT2D eigenvalue weighted by molar-refractivity contribution is 5.74. The zero-order valence-electron chi connectivity index (χ0n) is 11.0. The van der Waals surface area contributed by atoms with Gasteiger partial charge in [0.15, 0.2) is 0 Å². The minimum absolute atomic E-state index is 0.636. The van der Waals surface area contributed by atoms with Gasteiger partial charge in [0.05, 0.1) is 0 Å². The van der Waals surface area contributed by atoms with E-state index in [1.807, 2.05) is 25.2 Å². The average Bonchev–Trinajstić information content (AvgIpc) is 2.51. The molecule has 0 fully saturated rings. The number of carbonyl (C=O) groups excluding carboxylic acids is 1. The van der Waals surface area contributed by atoms with Gasteiger partial charge in [-0.1, -0.05) is 6.07 Å². The Morgan fingerprint density at radius 1 is 1.16 bits per heavy atom. The van der Waals surface area contributed by atoms with Gasteiger partial charge in [-0.05, 0) is 43.4 Å². The van der Waals surface area contributed by atoms with Crippen molar-refractivity contribution in [2.45, 2.75) is 0 Å². The molecule has 2 rings (SSSR count). The molecule has 19 heavy (non-hydrogen) atoms. The number of nitrogens with zero attached hydrogens (tertiary/aromatic N) is 1. The van der Waals surface area contributed by atoms with E-state index in [2.05, 4.69) is 10.3 Å². The topological polar surface area (TPSA) is 51.2 Å². The van der Waals surface area contributed by atoms with Crippen LogP contribution in [-0.4, -0.2) is 31.5 Å². The van der Waals surface area contributed by atoms with Crippen molar-refractivity contribution < 1.29 is 9.53 Å². The van der Waals surface area contributed by atoms with Gasteiger partial charge in [-0.2, -0.15) is 0 Å².